The Labute approximate surface area is 656 Å². The smallest absolute Gasteiger partial charge is 0.164 e. The third kappa shape index (κ3) is 11.2. The van der Waals surface area contributed by atoms with Crippen LogP contribution in [0.4, 0.5) is 0 Å². The third-order valence-corrected chi connectivity index (χ3v) is 24.7. The first-order chi connectivity index (χ1) is 55.5. The third-order valence-electron chi connectivity index (χ3n) is 22.5. The zero-order chi connectivity index (χ0) is 74.1. The van der Waals surface area contributed by atoms with Gasteiger partial charge >= 0.3 is 0 Å². The van der Waals surface area contributed by atoms with E-state index in [0.29, 0.717) is 34.9 Å². The molecule has 112 heavy (non-hydrogen) atoms. The monoisotopic (exact) mass is 1460 g/mol. The fourth-order valence-corrected chi connectivity index (χ4v) is 19.7. The lowest BCUT2D eigenvalue weighted by molar-refractivity contribution is 0.770. The molecule has 0 amide bonds. The molecule has 524 valence electrons. The lowest BCUT2D eigenvalue weighted by atomic mass is 9.67. The predicted octanol–water partition coefficient (Wildman–Crippen LogP) is 26.5. The second-order valence-electron chi connectivity index (χ2n) is 28.7. The molecule has 0 radical (unpaired) electrons. The quantitative estimate of drug-likeness (QED) is 0.121. The molecular formula is C104H66N6S2. The van der Waals surface area contributed by atoms with E-state index in [9.17, 15) is 0 Å². The number of aromatic nitrogens is 6. The summed E-state index contributed by atoms with van der Waals surface area (Å²) in [5, 5.41) is 5.13. The summed E-state index contributed by atoms with van der Waals surface area (Å²) >= 11 is 3.74. The summed E-state index contributed by atoms with van der Waals surface area (Å²) in [4.78, 5) is 29.6. The van der Waals surface area contributed by atoms with Crippen LogP contribution >= 0.6 is 22.7 Å². The summed E-state index contributed by atoms with van der Waals surface area (Å²) in [6, 6.07) is 143. The summed E-state index contributed by atoms with van der Waals surface area (Å²) < 4.78 is 5.11. The summed E-state index contributed by atoms with van der Waals surface area (Å²) in [5.41, 5.74) is 25.2. The molecule has 22 rings (SSSR count). The Hall–Kier alpha value is -14.0. The number of hydrogen-bond donors (Lipinski definition) is 0. The van der Waals surface area contributed by atoms with E-state index >= 15 is 0 Å². The van der Waals surface area contributed by atoms with Crippen molar-refractivity contribution in [2.75, 3.05) is 0 Å². The topological polar surface area (TPSA) is 77.3 Å². The molecule has 0 bridgehead atoms. The molecule has 0 unspecified atom stereocenters. The molecule has 0 saturated carbocycles. The highest BCUT2D eigenvalue weighted by Gasteiger charge is 2.47. The van der Waals surface area contributed by atoms with Gasteiger partial charge in [-0.15, -0.1) is 22.7 Å². The van der Waals surface area contributed by atoms with Crippen molar-refractivity contribution in [3.8, 4) is 113 Å². The Balaban J connectivity index is 0.000000141. The molecule has 0 fully saturated rings. The van der Waals surface area contributed by atoms with Crippen LogP contribution in [0.25, 0.3) is 153 Å². The van der Waals surface area contributed by atoms with E-state index in [1.54, 1.807) is 0 Å². The Bertz CT molecular complexity index is 6780. The SMILES string of the molecule is c1ccc(-c2nc(-c3ccccc3)nc(-c3ccc(-c4ccc5c(c4)sc4cc(C6(c7ccccc7)c7ccccc7-c7ccccc76)ccc45)cc3)n2)cc1.c1ccc(-c2nc(-c3ccccc3)nc(-c3cccc(-c4ccc5c(c4)sc4cc(C6(c7ccccc7)c7ccccc7-c7ccccc76)ccc45)c3)n2)cc1. The van der Waals surface area contributed by atoms with Crippen LogP contribution in [0.1, 0.15) is 44.5 Å². The van der Waals surface area contributed by atoms with Crippen molar-refractivity contribution >= 4 is 63.0 Å². The molecule has 20 aromatic rings. The van der Waals surface area contributed by atoms with E-state index in [4.69, 9.17) is 29.9 Å². The normalized spacial score (nSPS) is 12.8. The maximum absolute atomic E-state index is 4.99. The number of benzene rings is 16. The second-order valence-corrected chi connectivity index (χ2v) is 30.9. The maximum atomic E-state index is 4.99. The molecule has 0 saturated heterocycles. The van der Waals surface area contributed by atoms with Crippen molar-refractivity contribution in [2.24, 2.45) is 0 Å². The summed E-state index contributed by atoms with van der Waals surface area (Å²) in [7, 11) is 0. The fraction of sp³-hybridized carbons (Fsp3) is 0.0192. The first kappa shape index (κ1) is 66.2. The minimum absolute atomic E-state index is 0.409. The van der Waals surface area contributed by atoms with Crippen LogP contribution in [0.2, 0.25) is 0 Å². The predicted molar refractivity (Wildman–Crippen MR) is 464 cm³/mol. The average Bonchev–Trinajstić information content (AvgIpc) is 1.54. The van der Waals surface area contributed by atoms with Crippen molar-refractivity contribution < 1.29 is 0 Å². The van der Waals surface area contributed by atoms with Gasteiger partial charge in [-0.2, -0.15) is 0 Å². The van der Waals surface area contributed by atoms with Crippen LogP contribution < -0.4 is 0 Å². The largest absolute Gasteiger partial charge is 0.208 e. The fourth-order valence-electron chi connectivity index (χ4n) is 17.3. The van der Waals surface area contributed by atoms with E-state index < -0.39 is 10.8 Å². The molecule has 16 aromatic carbocycles. The summed E-state index contributed by atoms with van der Waals surface area (Å²) in [6.45, 7) is 0. The number of rotatable bonds is 12. The second kappa shape index (κ2) is 27.6. The maximum Gasteiger partial charge on any atom is 0.164 e. The van der Waals surface area contributed by atoms with Crippen LogP contribution in [0.5, 0.6) is 0 Å². The minimum Gasteiger partial charge on any atom is -0.208 e. The van der Waals surface area contributed by atoms with Gasteiger partial charge in [0.15, 0.2) is 34.9 Å². The van der Waals surface area contributed by atoms with Crippen LogP contribution in [-0.2, 0) is 10.8 Å². The number of nitrogens with zero attached hydrogens (tertiary/aromatic N) is 6. The summed E-state index contributed by atoms with van der Waals surface area (Å²) in [5.74, 6) is 3.94. The first-order valence-corrected chi connectivity index (χ1v) is 39.5. The Morgan fingerprint density at radius 3 is 0.759 bits per heavy atom. The molecular weight excluding hydrogens is 1400 g/mol. The molecule has 4 heterocycles. The van der Waals surface area contributed by atoms with Crippen LogP contribution in [0.3, 0.4) is 0 Å². The highest BCUT2D eigenvalue weighted by Crippen LogP contribution is 2.59. The van der Waals surface area contributed by atoms with Crippen LogP contribution in [-0.4, -0.2) is 29.9 Å². The molecule has 4 aromatic heterocycles. The molecule has 2 aliphatic carbocycles. The standard InChI is InChI=1S/2C52H33N3S/c1-4-15-34(16-5-1)49-53-50(35-17-6-2-7-18-35)55-51(54-49)38-20-14-19-36(31-38)37-27-29-43-44-30-28-40(33-48(44)56-47(43)32-37)52(39-21-8-3-9-22-39)45-25-12-10-23-41(45)42-24-11-13-26-46(42)52;1-4-14-35(15-5-1)49-53-50(36-16-6-2-7-17-36)55-51(54-49)37-26-24-34(25-27-37)38-28-30-43-44-31-29-40(33-48(44)56-47(43)32-38)52(39-18-8-3-9-19-39)45-22-12-10-20-41(45)42-21-11-13-23-46(42)52/h2*1-33H. The zero-order valence-corrected chi connectivity index (χ0v) is 62.2. The number of thiophene rings is 2. The van der Waals surface area contributed by atoms with Crippen molar-refractivity contribution in [1.82, 2.24) is 29.9 Å². The lowest BCUT2D eigenvalue weighted by Crippen LogP contribution is -2.28. The first-order valence-electron chi connectivity index (χ1n) is 37.9. The van der Waals surface area contributed by atoms with Gasteiger partial charge in [-0.05, 0) is 119 Å². The number of hydrogen-bond acceptors (Lipinski definition) is 8. The van der Waals surface area contributed by atoms with Crippen LogP contribution in [0.15, 0.2) is 400 Å². The number of fused-ring (bicyclic) bond motifs is 12. The summed E-state index contributed by atoms with van der Waals surface area (Å²) in [6.07, 6.45) is 0. The highest BCUT2D eigenvalue weighted by atomic mass is 32.1. The molecule has 0 aliphatic heterocycles. The van der Waals surface area contributed by atoms with Gasteiger partial charge in [0.25, 0.3) is 0 Å². The lowest BCUT2D eigenvalue weighted by Gasteiger charge is -2.33. The average molecular weight is 1460 g/mol. The van der Waals surface area contributed by atoms with Gasteiger partial charge in [0.05, 0.1) is 10.8 Å². The Morgan fingerprint density at radius 1 is 0.161 bits per heavy atom. The van der Waals surface area contributed by atoms with E-state index in [2.05, 4.69) is 279 Å². The molecule has 6 nitrogen and oxygen atoms in total. The van der Waals surface area contributed by atoms with E-state index in [1.165, 1.54) is 113 Å². The minimum atomic E-state index is -0.416. The van der Waals surface area contributed by atoms with E-state index in [1.807, 2.05) is 144 Å². The molecule has 2 aliphatic rings. The van der Waals surface area contributed by atoms with Crippen LogP contribution in [0, 0.1) is 0 Å². The Kier molecular flexibility index (Phi) is 16.3. The van der Waals surface area contributed by atoms with Crippen molar-refractivity contribution in [3.63, 3.8) is 0 Å². The molecule has 0 spiro atoms. The van der Waals surface area contributed by atoms with Gasteiger partial charge in [-0.1, -0.05) is 370 Å². The van der Waals surface area contributed by atoms with Crippen molar-refractivity contribution in [1.29, 1.82) is 0 Å². The van der Waals surface area contributed by atoms with Gasteiger partial charge in [0.1, 0.15) is 0 Å². The Morgan fingerprint density at radius 2 is 0.402 bits per heavy atom. The van der Waals surface area contributed by atoms with Crippen molar-refractivity contribution in [3.05, 3.63) is 445 Å². The van der Waals surface area contributed by atoms with Gasteiger partial charge in [-0.3, -0.25) is 0 Å². The van der Waals surface area contributed by atoms with Gasteiger partial charge < -0.3 is 0 Å². The zero-order valence-electron chi connectivity index (χ0n) is 60.6. The van der Waals surface area contributed by atoms with Crippen molar-refractivity contribution in [2.45, 2.75) is 10.8 Å². The highest BCUT2D eigenvalue weighted by molar-refractivity contribution is 7.26. The van der Waals surface area contributed by atoms with Gasteiger partial charge in [0, 0.05) is 73.7 Å². The van der Waals surface area contributed by atoms with Gasteiger partial charge in [0.2, 0.25) is 0 Å². The van der Waals surface area contributed by atoms with E-state index in [0.717, 1.165) is 50.1 Å². The molecule has 0 atom stereocenters. The van der Waals surface area contributed by atoms with E-state index in [-0.39, 0.29) is 0 Å². The van der Waals surface area contributed by atoms with Gasteiger partial charge in [-0.25, -0.2) is 29.9 Å². The molecule has 8 heteroatoms. The molecule has 0 N–H and O–H groups in total.